The highest BCUT2D eigenvalue weighted by atomic mass is 16.5. The van der Waals surface area contributed by atoms with Crippen molar-refractivity contribution in [2.24, 2.45) is 5.92 Å². The molecular formula is C17H27NO2. The molecule has 0 bridgehead atoms. The number of rotatable bonds is 7. The molecule has 3 nitrogen and oxygen atoms in total. The highest BCUT2D eigenvalue weighted by Gasteiger charge is 2.12. The largest absolute Gasteiger partial charge is 0.459 e. The fourth-order valence-electron chi connectivity index (χ4n) is 2.02. The first kappa shape index (κ1) is 16.5. The molecule has 0 aliphatic carbocycles. The van der Waals surface area contributed by atoms with Gasteiger partial charge in [-0.15, -0.1) is 0 Å². The molecule has 1 rings (SSSR count). The zero-order chi connectivity index (χ0) is 15.1. The summed E-state index contributed by atoms with van der Waals surface area (Å²) in [5.41, 5.74) is 1.69. The van der Waals surface area contributed by atoms with Gasteiger partial charge < -0.3 is 9.64 Å². The molecule has 1 unspecified atom stereocenters. The number of hydrogen-bond donors (Lipinski definition) is 0. The van der Waals surface area contributed by atoms with Crippen LogP contribution in [0, 0.1) is 5.92 Å². The number of anilines is 1. The van der Waals surface area contributed by atoms with Gasteiger partial charge in [0.2, 0.25) is 0 Å². The van der Waals surface area contributed by atoms with Crippen molar-refractivity contribution in [2.45, 2.75) is 46.1 Å². The molecule has 20 heavy (non-hydrogen) atoms. The van der Waals surface area contributed by atoms with Crippen molar-refractivity contribution in [3.05, 3.63) is 29.8 Å². The summed E-state index contributed by atoms with van der Waals surface area (Å²) >= 11 is 0. The molecule has 0 N–H and O–H groups in total. The Morgan fingerprint density at radius 3 is 2.20 bits per heavy atom. The molecule has 0 heterocycles. The Morgan fingerprint density at radius 2 is 1.70 bits per heavy atom. The maximum Gasteiger partial charge on any atom is 0.338 e. The van der Waals surface area contributed by atoms with Crippen LogP contribution in [0.4, 0.5) is 5.69 Å². The molecular weight excluding hydrogens is 250 g/mol. The van der Waals surface area contributed by atoms with Crippen LogP contribution in [0.15, 0.2) is 24.3 Å². The first-order valence-electron chi connectivity index (χ1n) is 7.38. The van der Waals surface area contributed by atoms with Gasteiger partial charge in [-0.25, -0.2) is 4.79 Å². The van der Waals surface area contributed by atoms with Crippen molar-refractivity contribution in [3.63, 3.8) is 0 Å². The van der Waals surface area contributed by atoms with Crippen molar-refractivity contribution in [1.82, 2.24) is 0 Å². The van der Waals surface area contributed by atoms with E-state index in [0.29, 0.717) is 11.5 Å². The van der Waals surface area contributed by atoms with E-state index in [9.17, 15) is 4.79 Å². The maximum atomic E-state index is 12.0. The van der Waals surface area contributed by atoms with Gasteiger partial charge in [0.05, 0.1) is 11.7 Å². The topological polar surface area (TPSA) is 29.5 Å². The number of ether oxygens (including phenoxy) is 1. The van der Waals surface area contributed by atoms with E-state index in [2.05, 4.69) is 13.8 Å². The van der Waals surface area contributed by atoms with E-state index in [4.69, 9.17) is 4.74 Å². The summed E-state index contributed by atoms with van der Waals surface area (Å²) < 4.78 is 5.47. The summed E-state index contributed by atoms with van der Waals surface area (Å²) in [6, 6.07) is 7.50. The van der Waals surface area contributed by atoms with Crippen LogP contribution in [-0.4, -0.2) is 26.2 Å². The van der Waals surface area contributed by atoms with E-state index < -0.39 is 0 Å². The van der Waals surface area contributed by atoms with Crippen LogP contribution >= 0.6 is 0 Å². The van der Waals surface area contributed by atoms with Gasteiger partial charge in [-0.3, -0.25) is 0 Å². The molecule has 0 aromatic heterocycles. The molecule has 1 aromatic rings. The highest BCUT2D eigenvalue weighted by Crippen LogP contribution is 2.15. The van der Waals surface area contributed by atoms with E-state index in [1.54, 1.807) is 0 Å². The van der Waals surface area contributed by atoms with Crippen LogP contribution in [0.1, 0.15) is 50.4 Å². The Hall–Kier alpha value is -1.51. The zero-order valence-electron chi connectivity index (χ0n) is 13.3. The molecule has 3 heteroatoms. The van der Waals surface area contributed by atoms with Gasteiger partial charge in [-0.2, -0.15) is 0 Å². The normalized spacial score (nSPS) is 12.3. The number of carbonyl (C=O) groups is 1. The Labute approximate surface area is 122 Å². The minimum absolute atomic E-state index is 0.0187. The first-order chi connectivity index (χ1) is 9.40. The average molecular weight is 277 g/mol. The molecule has 0 saturated carbocycles. The second-order valence-corrected chi connectivity index (χ2v) is 5.98. The molecule has 0 aliphatic rings. The standard InChI is InChI=1S/C17H27NO2/c1-13(2)7-6-8-14(3)20-17(19)15-9-11-16(12-10-15)18(4)5/h9-14H,6-8H2,1-5H3. The smallest absolute Gasteiger partial charge is 0.338 e. The molecule has 0 spiro atoms. The van der Waals surface area contributed by atoms with E-state index in [-0.39, 0.29) is 12.1 Å². The predicted octanol–water partition coefficient (Wildman–Crippen LogP) is 4.12. The lowest BCUT2D eigenvalue weighted by molar-refractivity contribution is 0.0318. The highest BCUT2D eigenvalue weighted by molar-refractivity contribution is 5.89. The number of carbonyl (C=O) groups excluding carboxylic acids is 1. The monoisotopic (exact) mass is 277 g/mol. The van der Waals surface area contributed by atoms with Gasteiger partial charge in [-0.05, 0) is 49.9 Å². The zero-order valence-corrected chi connectivity index (χ0v) is 13.3. The van der Waals surface area contributed by atoms with Crippen molar-refractivity contribution in [2.75, 3.05) is 19.0 Å². The molecule has 0 aliphatic heterocycles. The average Bonchev–Trinajstić information content (AvgIpc) is 2.38. The Kier molecular flexibility index (Phi) is 6.56. The van der Waals surface area contributed by atoms with Crippen LogP contribution in [0.3, 0.4) is 0 Å². The van der Waals surface area contributed by atoms with E-state index in [0.717, 1.165) is 18.5 Å². The summed E-state index contributed by atoms with van der Waals surface area (Å²) in [4.78, 5) is 14.0. The minimum Gasteiger partial charge on any atom is -0.459 e. The SMILES string of the molecule is CC(C)CCCC(C)OC(=O)c1ccc(N(C)C)cc1. The number of hydrogen-bond acceptors (Lipinski definition) is 3. The summed E-state index contributed by atoms with van der Waals surface area (Å²) in [7, 11) is 3.95. The third-order valence-electron chi connectivity index (χ3n) is 3.32. The third kappa shape index (κ3) is 5.64. The first-order valence-corrected chi connectivity index (χ1v) is 7.38. The fraction of sp³-hybridized carbons (Fsp3) is 0.588. The number of esters is 1. The lowest BCUT2D eigenvalue weighted by Crippen LogP contribution is -2.15. The summed E-state index contributed by atoms with van der Waals surface area (Å²) in [6.07, 6.45) is 3.19. The molecule has 0 radical (unpaired) electrons. The summed E-state index contributed by atoms with van der Waals surface area (Å²) in [6.45, 7) is 6.39. The van der Waals surface area contributed by atoms with Crippen molar-refractivity contribution >= 4 is 11.7 Å². The fourth-order valence-corrected chi connectivity index (χ4v) is 2.02. The second-order valence-electron chi connectivity index (χ2n) is 5.98. The summed E-state index contributed by atoms with van der Waals surface area (Å²) in [5.74, 6) is 0.476. The molecule has 0 fully saturated rings. The van der Waals surface area contributed by atoms with Gasteiger partial charge >= 0.3 is 5.97 Å². The van der Waals surface area contributed by atoms with Gasteiger partial charge in [0, 0.05) is 19.8 Å². The quantitative estimate of drug-likeness (QED) is 0.702. The Bertz CT molecular complexity index is 410. The van der Waals surface area contributed by atoms with E-state index >= 15 is 0 Å². The van der Waals surface area contributed by atoms with Crippen LogP contribution in [-0.2, 0) is 4.74 Å². The number of nitrogens with zero attached hydrogens (tertiary/aromatic N) is 1. The lowest BCUT2D eigenvalue weighted by atomic mass is 10.0. The van der Waals surface area contributed by atoms with E-state index in [1.165, 1.54) is 6.42 Å². The predicted molar refractivity (Wildman–Crippen MR) is 84.3 cm³/mol. The molecule has 112 valence electrons. The van der Waals surface area contributed by atoms with Crippen molar-refractivity contribution in [3.8, 4) is 0 Å². The van der Waals surface area contributed by atoms with Gasteiger partial charge in [0.25, 0.3) is 0 Å². The van der Waals surface area contributed by atoms with Gasteiger partial charge in [-0.1, -0.05) is 20.3 Å². The lowest BCUT2D eigenvalue weighted by Gasteiger charge is -2.15. The Morgan fingerprint density at radius 1 is 1.10 bits per heavy atom. The van der Waals surface area contributed by atoms with Crippen LogP contribution in [0.25, 0.3) is 0 Å². The van der Waals surface area contributed by atoms with Gasteiger partial charge in [0.1, 0.15) is 0 Å². The van der Waals surface area contributed by atoms with E-state index in [1.807, 2.05) is 50.2 Å². The van der Waals surface area contributed by atoms with Gasteiger partial charge in [0.15, 0.2) is 0 Å². The van der Waals surface area contributed by atoms with Crippen LogP contribution in [0.5, 0.6) is 0 Å². The van der Waals surface area contributed by atoms with Crippen LogP contribution < -0.4 is 4.90 Å². The maximum absolute atomic E-state index is 12.0. The minimum atomic E-state index is -0.229. The van der Waals surface area contributed by atoms with Crippen molar-refractivity contribution in [1.29, 1.82) is 0 Å². The molecule has 0 amide bonds. The molecule has 0 saturated heterocycles. The second kappa shape index (κ2) is 7.93. The third-order valence-corrected chi connectivity index (χ3v) is 3.32. The molecule has 1 atom stereocenters. The summed E-state index contributed by atoms with van der Waals surface area (Å²) in [5, 5.41) is 0. The molecule has 1 aromatic carbocycles. The van der Waals surface area contributed by atoms with Crippen molar-refractivity contribution < 1.29 is 9.53 Å². The number of benzene rings is 1. The Balaban J connectivity index is 2.45. The van der Waals surface area contributed by atoms with Crippen LogP contribution in [0.2, 0.25) is 0 Å².